The summed E-state index contributed by atoms with van der Waals surface area (Å²) in [4.78, 5) is -0.549. The molecule has 3 aromatic carbocycles. The van der Waals surface area contributed by atoms with Crippen LogP contribution in [0, 0.1) is 0 Å². The predicted molar refractivity (Wildman–Crippen MR) is 113 cm³/mol. The molecule has 2 N–H and O–H groups in total. The molecule has 1 heterocycles. The Hall–Kier alpha value is -3.37. The third-order valence-corrected chi connectivity index (χ3v) is 6.53. The molecular weight excluding hydrogens is 465 g/mol. The largest absolute Gasteiger partial charge is 0.416 e. The highest BCUT2D eigenvalue weighted by molar-refractivity contribution is 7.91. The molecule has 4 aromatic rings. The first-order valence-electron chi connectivity index (χ1n) is 9.07. The van der Waals surface area contributed by atoms with E-state index in [1.807, 2.05) is 0 Å². The van der Waals surface area contributed by atoms with Gasteiger partial charge in [-0.2, -0.15) is 13.2 Å². The van der Waals surface area contributed by atoms with Crippen molar-refractivity contribution in [3.63, 3.8) is 0 Å². The standard InChI is InChI=1S/C21H14ClF3N4O2S/c22-15-6-4-13(5-7-15)19-20(27-28-29(19)17-10-8-16(26)9-11-17)32(30,31)18-3-1-2-14(12-18)21(23,24)25/h1-12H,26H2. The summed E-state index contributed by atoms with van der Waals surface area (Å²) in [7, 11) is -4.46. The topological polar surface area (TPSA) is 90.9 Å². The molecule has 0 saturated heterocycles. The van der Waals surface area contributed by atoms with Crippen molar-refractivity contribution in [2.75, 3.05) is 5.73 Å². The van der Waals surface area contributed by atoms with E-state index in [1.54, 1.807) is 48.5 Å². The Balaban J connectivity index is 1.95. The minimum absolute atomic E-state index is 0.0730. The predicted octanol–water partition coefficient (Wildman–Crippen LogP) is 5.02. The molecule has 0 aliphatic carbocycles. The van der Waals surface area contributed by atoms with Crippen molar-refractivity contribution >= 4 is 27.1 Å². The number of nitrogen functional groups attached to an aromatic ring is 1. The van der Waals surface area contributed by atoms with Crippen molar-refractivity contribution in [2.45, 2.75) is 16.1 Å². The molecule has 0 atom stereocenters. The second-order valence-corrected chi connectivity index (χ2v) is 9.08. The first kappa shape index (κ1) is 21.8. The van der Waals surface area contributed by atoms with Gasteiger partial charge in [0.05, 0.1) is 16.1 Å². The summed E-state index contributed by atoms with van der Waals surface area (Å²) in [5.74, 6) is 0. The number of anilines is 1. The van der Waals surface area contributed by atoms with Gasteiger partial charge in [-0.25, -0.2) is 13.1 Å². The molecule has 1 aromatic heterocycles. The lowest BCUT2D eigenvalue weighted by Crippen LogP contribution is -2.09. The molecule has 0 bridgehead atoms. The quantitative estimate of drug-likeness (QED) is 0.416. The number of nitrogens with zero attached hydrogens (tertiary/aromatic N) is 3. The van der Waals surface area contributed by atoms with Gasteiger partial charge in [0.15, 0.2) is 0 Å². The van der Waals surface area contributed by atoms with Gasteiger partial charge in [0, 0.05) is 16.3 Å². The summed E-state index contributed by atoms with van der Waals surface area (Å²) >= 11 is 5.96. The van der Waals surface area contributed by atoms with Crippen LogP contribution >= 0.6 is 11.6 Å². The fourth-order valence-corrected chi connectivity index (χ4v) is 4.54. The van der Waals surface area contributed by atoms with E-state index in [4.69, 9.17) is 17.3 Å². The fourth-order valence-electron chi connectivity index (χ4n) is 3.05. The lowest BCUT2D eigenvalue weighted by molar-refractivity contribution is -0.137. The third kappa shape index (κ3) is 4.06. The van der Waals surface area contributed by atoms with E-state index in [0.29, 0.717) is 28.0 Å². The van der Waals surface area contributed by atoms with Gasteiger partial charge < -0.3 is 5.73 Å². The summed E-state index contributed by atoms with van der Waals surface area (Å²) in [5, 5.41) is 7.73. The van der Waals surface area contributed by atoms with Crippen LogP contribution in [0.1, 0.15) is 5.56 Å². The first-order chi connectivity index (χ1) is 15.1. The number of sulfone groups is 1. The smallest absolute Gasteiger partial charge is 0.399 e. The van der Waals surface area contributed by atoms with E-state index in [2.05, 4.69) is 10.3 Å². The number of hydrogen-bond acceptors (Lipinski definition) is 5. The monoisotopic (exact) mass is 478 g/mol. The van der Waals surface area contributed by atoms with Crippen molar-refractivity contribution in [1.29, 1.82) is 0 Å². The van der Waals surface area contributed by atoms with Crippen LogP contribution in [0.25, 0.3) is 16.9 Å². The fraction of sp³-hybridized carbons (Fsp3) is 0.0476. The molecule has 0 aliphatic rings. The van der Waals surface area contributed by atoms with E-state index in [0.717, 1.165) is 18.2 Å². The van der Waals surface area contributed by atoms with Gasteiger partial charge >= 0.3 is 6.18 Å². The number of aromatic nitrogens is 3. The highest BCUT2D eigenvalue weighted by Crippen LogP contribution is 2.35. The van der Waals surface area contributed by atoms with Gasteiger partial charge in [0.25, 0.3) is 0 Å². The van der Waals surface area contributed by atoms with Gasteiger partial charge in [-0.05, 0) is 54.6 Å². The van der Waals surface area contributed by atoms with E-state index in [9.17, 15) is 21.6 Å². The average molecular weight is 479 g/mol. The Kier molecular flexibility index (Phi) is 5.43. The maximum Gasteiger partial charge on any atom is 0.416 e. The normalized spacial score (nSPS) is 12.1. The van der Waals surface area contributed by atoms with E-state index in [1.165, 1.54) is 4.68 Å². The lowest BCUT2D eigenvalue weighted by Gasteiger charge is -2.11. The van der Waals surface area contributed by atoms with Crippen LogP contribution in [0.5, 0.6) is 0 Å². The number of halogens is 4. The molecule has 164 valence electrons. The molecule has 11 heteroatoms. The number of nitrogens with two attached hydrogens (primary N) is 1. The third-order valence-electron chi connectivity index (χ3n) is 4.62. The molecule has 32 heavy (non-hydrogen) atoms. The van der Waals surface area contributed by atoms with E-state index in [-0.39, 0.29) is 5.69 Å². The number of alkyl halides is 3. The second kappa shape index (κ2) is 7.95. The Labute approximate surface area is 186 Å². The zero-order chi connectivity index (χ0) is 23.1. The maximum absolute atomic E-state index is 13.3. The van der Waals surface area contributed by atoms with Gasteiger partial charge in [-0.15, -0.1) is 5.10 Å². The summed E-state index contributed by atoms with van der Waals surface area (Å²) in [6.45, 7) is 0. The lowest BCUT2D eigenvalue weighted by atomic mass is 10.1. The first-order valence-corrected chi connectivity index (χ1v) is 10.9. The molecule has 4 rings (SSSR count). The maximum atomic E-state index is 13.3. The van der Waals surface area contributed by atoms with E-state index < -0.39 is 31.5 Å². The molecule has 6 nitrogen and oxygen atoms in total. The Morgan fingerprint density at radius 3 is 2.22 bits per heavy atom. The molecular formula is C21H14ClF3N4O2S. The summed E-state index contributed by atoms with van der Waals surface area (Å²) < 4.78 is 67.4. The molecule has 0 aliphatic heterocycles. The highest BCUT2D eigenvalue weighted by atomic mass is 35.5. The number of rotatable bonds is 4. The number of benzene rings is 3. The van der Waals surface area contributed by atoms with Crippen LogP contribution < -0.4 is 5.73 Å². The Morgan fingerprint density at radius 2 is 1.59 bits per heavy atom. The molecule has 0 fully saturated rings. The summed E-state index contributed by atoms with van der Waals surface area (Å²) in [6.07, 6.45) is -4.70. The molecule has 0 amide bonds. The van der Waals surface area contributed by atoms with Gasteiger partial charge in [-0.3, -0.25) is 0 Å². The number of hydrogen-bond donors (Lipinski definition) is 1. The Morgan fingerprint density at radius 1 is 0.938 bits per heavy atom. The molecule has 0 unspecified atom stereocenters. The summed E-state index contributed by atoms with van der Waals surface area (Å²) in [5.41, 5.74) is 6.06. The molecule has 0 spiro atoms. The van der Waals surface area contributed by atoms with Crippen molar-refractivity contribution in [1.82, 2.24) is 15.0 Å². The minimum atomic E-state index is -4.70. The van der Waals surface area contributed by atoms with Crippen LogP contribution in [-0.2, 0) is 16.0 Å². The molecule has 0 radical (unpaired) electrons. The van der Waals surface area contributed by atoms with Crippen LogP contribution in [-0.4, -0.2) is 23.4 Å². The highest BCUT2D eigenvalue weighted by Gasteiger charge is 2.34. The Bertz CT molecular complexity index is 1380. The summed E-state index contributed by atoms with van der Waals surface area (Å²) in [6, 6.07) is 16.2. The van der Waals surface area contributed by atoms with Gasteiger partial charge in [0.2, 0.25) is 14.9 Å². The van der Waals surface area contributed by atoms with Crippen molar-refractivity contribution < 1.29 is 21.6 Å². The van der Waals surface area contributed by atoms with Gasteiger partial charge in [0.1, 0.15) is 5.69 Å². The van der Waals surface area contributed by atoms with Crippen molar-refractivity contribution in [3.8, 4) is 16.9 Å². The van der Waals surface area contributed by atoms with Crippen LogP contribution in [0.2, 0.25) is 5.02 Å². The van der Waals surface area contributed by atoms with Crippen LogP contribution in [0.4, 0.5) is 18.9 Å². The minimum Gasteiger partial charge on any atom is -0.399 e. The SMILES string of the molecule is Nc1ccc(-n2nnc(S(=O)(=O)c3cccc(C(F)(F)F)c3)c2-c2ccc(Cl)cc2)cc1. The van der Waals surface area contributed by atoms with Crippen molar-refractivity contribution in [2.24, 2.45) is 0 Å². The zero-order valence-corrected chi connectivity index (χ0v) is 17.7. The molecule has 0 saturated carbocycles. The van der Waals surface area contributed by atoms with E-state index >= 15 is 0 Å². The van der Waals surface area contributed by atoms with Crippen molar-refractivity contribution in [3.05, 3.63) is 83.4 Å². The van der Waals surface area contributed by atoms with Crippen LogP contribution in [0.3, 0.4) is 0 Å². The second-order valence-electron chi connectivity index (χ2n) is 6.78. The average Bonchev–Trinajstić information content (AvgIpc) is 3.20. The van der Waals surface area contributed by atoms with Gasteiger partial charge in [-0.1, -0.05) is 35.0 Å². The zero-order valence-electron chi connectivity index (χ0n) is 16.1. The van der Waals surface area contributed by atoms with Crippen LogP contribution in [0.15, 0.2) is 82.7 Å².